The number of hydrogen-bond acceptors (Lipinski definition) is 5. The third-order valence-corrected chi connectivity index (χ3v) is 7.45. The van der Waals surface area contributed by atoms with Crippen LogP contribution < -0.4 is 10.5 Å². The Kier molecular flexibility index (Phi) is 6.39. The molecule has 1 atom stereocenters. The zero-order chi connectivity index (χ0) is 24.5. The maximum Gasteiger partial charge on any atom is 0.320 e. The number of halogens is 2. The van der Waals surface area contributed by atoms with Gasteiger partial charge in [-0.25, -0.2) is 17.2 Å². The van der Waals surface area contributed by atoms with Gasteiger partial charge in [-0.3, -0.25) is 4.79 Å². The summed E-state index contributed by atoms with van der Waals surface area (Å²) in [5.41, 5.74) is 4.91. The van der Waals surface area contributed by atoms with Crippen molar-refractivity contribution in [3.05, 3.63) is 95.6 Å². The van der Waals surface area contributed by atoms with E-state index in [-0.39, 0.29) is 35.7 Å². The van der Waals surface area contributed by atoms with Crippen molar-refractivity contribution in [2.24, 2.45) is 5.73 Å². The van der Waals surface area contributed by atoms with Gasteiger partial charge < -0.3 is 15.6 Å². The van der Waals surface area contributed by atoms with Crippen molar-refractivity contribution in [3.63, 3.8) is 0 Å². The summed E-state index contributed by atoms with van der Waals surface area (Å²) < 4.78 is 61.7. The third kappa shape index (κ3) is 4.65. The van der Waals surface area contributed by atoms with Gasteiger partial charge in [0.15, 0.2) is 5.60 Å². The predicted molar refractivity (Wildman–Crippen MR) is 120 cm³/mol. The third-order valence-electron chi connectivity index (χ3n) is 5.66. The number of rotatable bonds is 8. The number of aliphatic carboxylic acids is 1. The second-order valence-corrected chi connectivity index (χ2v) is 10.0. The number of hydrogen-bond donors (Lipinski definition) is 2. The van der Waals surface area contributed by atoms with Gasteiger partial charge in [0.05, 0.1) is 18.0 Å². The summed E-state index contributed by atoms with van der Waals surface area (Å²) in [5, 5.41) is 9.02. The summed E-state index contributed by atoms with van der Waals surface area (Å²) in [6.45, 7) is -0.348. The average Bonchev–Trinajstić information content (AvgIpc) is 2.78. The molecule has 3 N–H and O–H groups in total. The lowest BCUT2D eigenvalue weighted by molar-refractivity contribution is -0.138. The molecule has 0 saturated carbocycles. The van der Waals surface area contributed by atoms with Crippen molar-refractivity contribution >= 4 is 16.0 Å². The molecule has 0 bridgehead atoms. The van der Waals surface area contributed by atoms with Crippen LogP contribution in [0.3, 0.4) is 0 Å². The van der Waals surface area contributed by atoms with E-state index in [0.717, 1.165) is 4.31 Å². The smallest absolute Gasteiger partial charge is 0.320 e. The minimum atomic E-state index is -3.99. The number of ether oxygens (including phenoxy) is 1. The van der Waals surface area contributed by atoms with Crippen LogP contribution in [0.2, 0.25) is 0 Å². The molecule has 0 unspecified atom stereocenters. The first-order chi connectivity index (χ1) is 16.1. The Balaban J connectivity index is 1.61. The SMILES string of the molecule is N[C@@H](Cc1cccc(S(=O)(=O)N2CC(Oc3ccc(F)cc3)(c3ccccc3F)C2)c1)C(=O)O. The molecule has 1 saturated heterocycles. The highest BCUT2D eigenvalue weighted by Crippen LogP contribution is 2.41. The van der Waals surface area contributed by atoms with Crippen molar-refractivity contribution in [1.82, 2.24) is 4.31 Å². The number of nitrogens with zero attached hydrogens (tertiary/aromatic N) is 1. The molecule has 7 nitrogen and oxygen atoms in total. The van der Waals surface area contributed by atoms with Gasteiger partial charge >= 0.3 is 5.97 Å². The summed E-state index contributed by atoms with van der Waals surface area (Å²) in [6, 6.07) is 15.8. The van der Waals surface area contributed by atoms with E-state index < -0.39 is 39.3 Å². The molecule has 1 fully saturated rings. The first kappa shape index (κ1) is 23.8. The molecule has 0 aliphatic carbocycles. The fourth-order valence-corrected chi connectivity index (χ4v) is 5.47. The van der Waals surface area contributed by atoms with Gasteiger partial charge in [-0.15, -0.1) is 0 Å². The lowest BCUT2D eigenvalue weighted by Crippen LogP contribution is -2.64. The lowest BCUT2D eigenvalue weighted by Gasteiger charge is -2.48. The molecule has 3 aromatic rings. The van der Waals surface area contributed by atoms with Gasteiger partial charge in [-0.2, -0.15) is 4.31 Å². The molecule has 178 valence electrons. The molecular weight excluding hydrogens is 466 g/mol. The maximum absolute atomic E-state index is 14.7. The Morgan fingerprint density at radius 1 is 1.06 bits per heavy atom. The van der Waals surface area contributed by atoms with Crippen molar-refractivity contribution in [2.75, 3.05) is 13.1 Å². The Morgan fingerprint density at radius 3 is 2.38 bits per heavy atom. The second-order valence-electron chi connectivity index (χ2n) is 8.10. The molecule has 0 aromatic heterocycles. The minimum Gasteiger partial charge on any atom is -0.480 e. The van der Waals surface area contributed by atoms with E-state index in [1.54, 1.807) is 12.1 Å². The second kappa shape index (κ2) is 9.13. The quantitative estimate of drug-likeness (QED) is 0.505. The maximum atomic E-state index is 14.7. The zero-order valence-corrected chi connectivity index (χ0v) is 18.7. The number of sulfonamides is 1. The summed E-state index contributed by atoms with van der Waals surface area (Å²) in [5.74, 6) is -1.94. The molecule has 0 amide bonds. The summed E-state index contributed by atoms with van der Waals surface area (Å²) in [7, 11) is -3.99. The van der Waals surface area contributed by atoms with Crippen LogP contribution in [0.15, 0.2) is 77.7 Å². The number of carbonyl (C=O) groups is 1. The van der Waals surface area contributed by atoms with Gasteiger partial charge in [-0.1, -0.05) is 30.3 Å². The molecule has 0 radical (unpaired) electrons. The Hall–Kier alpha value is -3.34. The van der Waals surface area contributed by atoms with Crippen LogP contribution in [-0.4, -0.2) is 42.9 Å². The minimum absolute atomic E-state index is 0.0356. The summed E-state index contributed by atoms with van der Waals surface area (Å²) in [4.78, 5) is 11.0. The zero-order valence-electron chi connectivity index (χ0n) is 17.9. The van der Waals surface area contributed by atoms with E-state index in [9.17, 15) is 22.0 Å². The van der Waals surface area contributed by atoms with Crippen LogP contribution in [0.4, 0.5) is 8.78 Å². The summed E-state index contributed by atoms with van der Waals surface area (Å²) >= 11 is 0. The van der Waals surface area contributed by atoms with Gasteiger partial charge in [0.25, 0.3) is 0 Å². The largest absolute Gasteiger partial charge is 0.480 e. The average molecular weight is 489 g/mol. The van der Waals surface area contributed by atoms with Gasteiger partial charge in [-0.05, 0) is 54.4 Å². The van der Waals surface area contributed by atoms with Crippen molar-refractivity contribution in [1.29, 1.82) is 0 Å². The highest BCUT2D eigenvalue weighted by molar-refractivity contribution is 7.89. The number of benzene rings is 3. The van der Waals surface area contributed by atoms with E-state index in [2.05, 4.69) is 0 Å². The molecule has 0 spiro atoms. The van der Waals surface area contributed by atoms with Gasteiger partial charge in [0.1, 0.15) is 23.4 Å². The lowest BCUT2D eigenvalue weighted by atomic mass is 9.87. The van der Waals surface area contributed by atoms with Crippen LogP contribution >= 0.6 is 0 Å². The first-order valence-corrected chi connectivity index (χ1v) is 11.8. The van der Waals surface area contributed by atoms with E-state index in [4.69, 9.17) is 15.6 Å². The normalized spacial score (nSPS) is 16.4. The van der Waals surface area contributed by atoms with Crippen LogP contribution in [-0.2, 0) is 26.8 Å². The fourth-order valence-electron chi connectivity index (χ4n) is 3.87. The predicted octanol–water partition coefficient (Wildman–Crippen LogP) is 2.90. The molecule has 34 heavy (non-hydrogen) atoms. The number of nitrogens with two attached hydrogens (primary N) is 1. The molecule has 1 aliphatic rings. The molecule has 1 aliphatic heterocycles. The van der Waals surface area contributed by atoms with Crippen LogP contribution in [0.5, 0.6) is 5.75 Å². The van der Waals surface area contributed by atoms with Gasteiger partial charge in [0, 0.05) is 5.56 Å². The van der Waals surface area contributed by atoms with E-state index in [1.165, 1.54) is 60.7 Å². The van der Waals surface area contributed by atoms with Crippen LogP contribution in [0.25, 0.3) is 0 Å². The van der Waals surface area contributed by atoms with E-state index in [0.29, 0.717) is 5.56 Å². The van der Waals surface area contributed by atoms with Crippen LogP contribution in [0, 0.1) is 11.6 Å². The first-order valence-electron chi connectivity index (χ1n) is 10.4. The fraction of sp³-hybridized carbons (Fsp3) is 0.208. The molecule has 4 rings (SSSR count). The Bertz CT molecular complexity index is 1310. The highest BCUT2D eigenvalue weighted by Gasteiger charge is 2.53. The molecular formula is C24H22F2N2O5S. The van der Waals surface area contributed by atoms with E-state index >= 15 is 0 Å². The van der Waals surface area contributed by atoms with Gasteiger partial charge in [0.2, 0.25) is 10.0 Å². The standard InChI is InChI=1S/C24H22F2N2O5S/c25-17-8-10-18(11-9-17)33-24(20-6-1-2-7-21(20)26)14-28(15-24)34(31,32)19-5-3-4-16(12-19)13-22(27)23(29)30/h1-12,22H,13-15,27H2,(H,29,30)/t22-/m0/s1. The summed E-state index contributed by atoms with van der Waals surface area (Å²) in [6.07, 6.45) is -0.0362. The Labute approximate surface area is 195 Å². The topological polar surface area (TPSA) is 110 Å². The van der Waals surface area contributed by atoms with E-state index in [1.807, 2.05) is 0 Å². The van der Waals surface area contributed by atoms with Crippen molar-refractivity contribution in [3.8, 4) is 5.75 Å². The highest BCUT2D eigenvalue weighted by atomic mass is 32.2. The van der Waals surface area contributed by atoms with Crippen LogP contribution in [0.1, 0.15) is 11.1 Å². The molecule has 3 aromatic carbocycles. The number of carboxylic acids is 1. The number of carboxylic acid groups (broad SMARTS) is 1. The molecule has 1 heterocycles. The Morgan fingerprint density at radius 2 is 1.74 bits per heavy atom. The monoisotopic (exact) mass is 488 g/mol. The van der Waals surface area contributed by atoms with Crippen molar-refractivity contribution < 1.29 is 31.8 Å². The van der Waals surface area contributed by atoms with Crippen molar-refractivity contribution in [2.45, 2.75) is 23.0 Å². The molecule has 10 heteroatoms.